The number of piperidine rings is 1. The van der Waals surface area contributed by atoms with Crippen LogP contribution in [-0.2, 0) is 15.1 Å². The summed E-state index contributed by atoms with van der Waals surface area (Å²) < 4.78 is 18.9. The molecule has 0 atom stereocenters. The molecule has 0 saturated carbocycles. The van der Waals surface area contributed by atoms with E-state index >= 15 is 0 Å². The molecule has 0 bridgehead atoms. The fourth-order valence-corrected chi connectivity index (χ4v) is 2.37. The molecule has 0 amide bonds. The molecule has 18 heavy (non-hydrogen) atoms. The molecule has 0 radical (unpaired) electrons. The molecule has 5 heteroatoms. The Balaban J connectivity index is 2.31. The maximum atomic E-state index is 13.3. The maximum absolute atomic E-state index is 13.3. The minimum Gasteiger partial charge on any atom is -0.453 e. The summed E-state index contributed by atoms with van der Waals surface area (Å²) in [5, 5.41) is 3.21. The second kappa shape index (κ2) is 5.71. The summed E-state index contributed by atoms with van der Waals surface area (Å²) in [7, 11) is 0. The van der Waals surface area contributed by atoms with Gasteiger partial charge in [-0.1, -0.05) is 12.1 Å². The molecule has 1 saturated heterocycles. The van der Waals surface area contributed by atoms with E-state index < -0.39 is 5.60 Å². The van der Waals surface area contributed by atoms with Gasteiger partial charge in [0, 0.05) is 12.8 Å². The van der Waals surface area contributed by atoms with Gasteiger partial charge in [-0.2, -0.15) is 12.6 Å². The number of ether oxygens (including phenoxy) is 1. The highest BCUT2D eigenvalue weighted by atomic mass is 32.1. The Bertz CT molecular complexity index is 433. The minimum absolute atomic E-state index is 0.0322. The lowest BCUT2D eigenvalue weighted by atomic mass is 9.84. The second-order valence-electron chi connectivity index (χ2n) is 4.39. The molecule has 1 aliphatic heterocycles. The van der Waals surface area contributed by atoms with Crippen molar-refractivity contribution >= 4 is 18.6 Å². The largest absolute Gasteiger partial charge is 0.453 e. The van der Waals surface area contributed by atoms with E-state index in [-0.39, 0.29) is 17.5 Å². The van der Waals surface area contributed by atoms with Gasteiger partial charge in [0.15, 0.2) is 0 Å². The fraction of sp³-hybridized carbons (Fsp3) is 0.462. The van der Waals surface area contributed by atoms with Crippen LogP contribution in [0.4, 0.5) is 4.39 Å². The van der Waals surface area contributed by atoms with Crippen LogP contribution in [0.25, 0.3) is 0 Å². The van der Waals surface area contributed by atoms with Crippen LogP contribution in [-0.4, -0.2) is 24.8 Å². The summed E-state index contributed by atoms with van der Waals surface area (Å²) >= 11 is 3.92. The number of hydrogen-bond donors (Lipinski definition) is 2. The van der Waals surface area contributed by atoms with E-state index in [2.05, 4.69) is 17.9 Å². The van der Waals surface area contributed by atoms with Crippen molar-refractivity contribution in [2.45, 2.75) is 18.4 Å². The second-order valence-corrected chi connectivity index (χ2v) is 4.70. The molecular weight excluding hydrogens is 253 g/mol. The Morgan fingerprint density at radius 3 is 2.78 bits per heavy atom. The lowest BCUT2D eigenvalue weighted by molar-refractivity contribution is -0.160. The summed E-state index contributed by atoms with van der Waals surface area (Å²) in [6, 6.07) is 6.28. The molecule has 3 nitrogen and oxygen atoms in total. The topological polar surface area (TPSA) is 38.3 Å². The highest BCUT2D eigenvalue weighted by Crippen LogP contribution is 2.35. The van der Waals surface area contributed by atoms with Crippen LogP contribution < -0.4 is 5.32 Å². The predicted molar refractivity (Wildman–Crippen MR) is 70.1 cm³/mol. The number of esters is 1. The van der Waals surface area contributed by atoms with E-state index in [1.807, 2.05) is 0 Å². The van der Waals surface area contributed by atoms with E-state index in [0.29, 0.717) is 12.8 Å². The quantitative estimate of drug-likeness (QED) is 0.650. The highest BCUT2D eigenvalue weighted by molar-refractivity contribution is 7.81. The number of rotatable bonds is 3. The van der Waals surface area contributed by atoms with Gasteiger partial charge < -0.3 is 10.1 Å². The van der Waals surface area contributed by atoms with Gasteiger partial charge in [0.05, 0.1) is 5.75 Å². The minimum atomic E-state index is -0.715. The smallest absolute Gasteiger partial charge is 0.316 e. The molecule has 2 rings (SSSR count). The van der Waals surface area contributed by atoms with Gasteiger partial charge in [-0.05, 0) is 30.8 Å². The van der Waals surface area contributed by atoms with E-state index in [0.717, 1.165) is 18.7 Å². The molecule has 1 aliphatic rings. The predicted octanol–water partition coefficient (Wildman–Crippen LogP) is 1.88. The average molecular weight is 269 g/mol. The van der Waals surface area contributed by atoms with Crippen molar-refractivity contribution in [1.82, 2.24) is 5.32 Å². The van der Waals surface area contributed by atoms with Crippen LogP contribution in [0, 0.1) is 5.82 Å². The van der Waals surface area contributed by atoms with Gasteiger partial charge in [-0.3, -0.25) is 4.79 Å². The van der Waals surface area contributed by atoms with E-state index in [4.69, 9.17) is 4.74 Å². The molecule has 1 aromatic carbocycles. The third-order valence-electron chi connectivity index (χ3n) is 3.20. The first-order valence-electron chi connectivity index (χ1n) is 5.96. The van der Waals surface area contributed by atoms with Crippen molar-refractivity contribution in [1.29, 1.82) is 0 Å². The third-order valence-corrected chi connectivity index (χ3v) is 3.46. The standard InChI is InChI=1S/C13H16FNO2S/c14-11-3-1-2-10(8-11)13(17-12(16)9-18)4-6-15-7-5-13/h1-3,8,15,18H,4-7,9H2. The average Bonchev–Trinajstić information content (AvgIpc) is 2.39. The van der Waals surface area contributed by atoms with Gasteiger partial charge in [-0.15, -0.1) is 0 Å². The van der Waals surface area contributed by atoms with Gasteiger partial charge in [0.1, 0.15) is 11.4 Å². The van der Waals surface area contributed by atoms with Crippen molar-refractivity contribution < 1.29 is 13.9 Å². The lowest BCUT2D eigenvalue weighted by Gasteiger charge is -2.37. The first-order valence-corrected chi connectivity index (χ1v) is 6.59. The number of carbonyl (C=O) groups is 1. The molecule has 1 heterocycles. The Labute approximate surface area is 111 Å². The van der Waals surface area contributed by atoms with Gasteiger partial charge in [0.25, 0.3) is 0 Å². The number of benzene rings is 1. The van der Waals surface area contributed by atoms with Gasteiger partial charge >= 0.3 is 5.97 Å². The van der Waals surface area contributed by atoms with Crippen molar-refractivity contribution in [2.75, 3.05) is 18.8 Å². The number of carbonyl (C=O) groups excluding carboxylic acids is 1. The van der Waals surface area contributed by atoms with Gasteiger partial charge in [-0.25, -0.2) is 4.39 Å². The third kappa shape index (κ3) is 2.84. The maximum Gasteiger partial charge on any atom is 0.316 e. The van der Waals surface area contributed by atoms with E-state index in [1.54, 1.807) is 12.1 Å². The SMILES string of the molecule is O=C(CS)OC1(c2cccc(F)c2)CCNCC1. The summed E-state index contributed by atoms with van der Waals surface area (Å²) in [6.45, 7) is 1.49. The zero-order valence-electron chi connectivity index (χ0n) is 9.99. The normalized spacial score (nSPS) is 18.3. The Kier molecular flexibility index (Phi) is 4.24. The molecule has 0 aromatic heterocycles. The lowest BCUT2D eigenvalue weighted by Crippen LogP contribution is -2.43. The number of thiol groups is 1. The number of hydrogen-bond acceptors (Lipinski definition) is 4. The monoisotopic (exact) mass is 269 g/mol. The van der Waals surface area contributed by atoms with Crippen molar-refractivity contribution in [3.63, 3.8) is 0 Å². The molecule has 98 valence electrons. The van der Waals surface area contributed by atoms with E-state index in [1.165, 1.54) is 12.1 Å². The number of nitrogens with one attached hydrogen (secondary N) is 1. The Hall–Kier alpha value is -1.07. The zero-order chi connectivity index (χ0) is 13.0. The molecular formula is C13H16FNO2S. The van der Waals surface area contributed by atoms with Crippen molar-refractivity contribution in [3.05, 3.63) is 35.6 Å². The molecule has 1 N–H and O–H groups in total. The van der Waals surface area contributed by atoms with Crippen LogP contribution in [0.1, 0.15) is 18.4 Å². The Morgan fingerprint density at radius 1 is 1.44 bits per heavy atom. The van der Waals surface area contributed by atoms with Crippen molar-refractivity contribution in [2.24, 2.45) is 0 Å². The molecule has 1 aromatic rings. The van der Waals surface area contributed by atoms with Crippen LogP contribution >= 0.6 is 12.6 Å². The van der Waals surface area contributed by atoms with Crippen LogP contribution in [0.15, 0.2) is 24.3 Å². The van der Waals surface area contributed by atoms with Crippen LogP contribution in [0.3, 0.4) is 0 Å². The van der Waals surface area contributed by atoms with Crippen molar-refractivity contribution in [3.8, 4) is 0 Å². The molecule has 0 aliphatic carbocycles. The summed E-state index contributed by atoms with van der Waals surface area (Å²) in [5.74, 6) is -0.651. The van der Waals surface area contributed by atoms with Crippen LogP contribution in [0.5, 0.6) is 0 Å². The first kappa shape index (κ1) is 13.4. The fourth-order valence-electron chi connectivity index (χ4n) is 2.30. The van der Waals surface area contributed by atoms with Gasteiger partial charge in [0.2, 0.25) is 0 Å². The molecule has 1 fully saturated rings. The Morgan fingerprint density at radius 2 is 2.17 bits per heavy atom. The zero-order valence-corrected chi connectivity index (χ0v) is 10.9. The summed E-state index contributed by atoms with van der Waals surface area (Å²) in [6.07, 6.45) is 1.30. The van der Waals surface area contributed by atoms with E-state index in [9.17, 15) is 9.18 Å². The molecule has 0 spiro atoms. The van der Waals surface area contributed by atoms with Crippen LogP contribution in [0.2, 0.25) is 0 Å². The highest BCUT2D eigenvalue weighted by Gasteiger charge is 2.37. The number of halogens is 1. The molecule has 0 unspecified atom stereocenters. The first-order chi connectivity index (χ1) is 8.66. The summed E-state index contributed by atoms with van der Waals surface area (Å²) in [5.41, 5.74) is 0.00630. The summed E-state index contributed by atoms with van der Waals surface area (Å²) in [4.78, 5) is 11.5.